The fourth-order valence-electron chi connectivity index (χ4n) is 2.24. The van der Waals surface area contributed by atoms with Crippen LogP contribution in [0.3, 0.4) is 0 Å². The van der Waals surface area contributed by atoms with Gasteiger partial charge in [-0.05, 0) is 25.8 Å². The standard InChI is InChI=1S/C9H16N2O2/c1-2-13-9(12)11-6-7-3-8(11)5-10-4-7/h7-8,10H,2-6H2,1H3/t7-,8?/m1/s1. The molecule has 74 valence electrons. The molecule has 1 unspecified atom stereocenters. The number of carbonyl (C=O) groups is 1. The number of rotatable bonds is 1. The number of hydrogen-bond donors (Lipinski definition) is 1. The van der Waals surface area contributed by atoms with Crippen LogP contribution in [0.4, 0.5) is 4.79 Å². The number of fused-ring (bicyclic) bond motifs is 2. The van der Waals surface area contributed by atoms with Gasteiger partial charge in [0.05, 0.1) is 6.61 Å². The minimum absolute atomic E-state index is 0.140. The maximum absolute atomic E-state index is 11.5. The van der Waals surface area contributed by atoms with Crippen LogP contribution in [0.2, 0.25) is 0 Å². The van der Waals surface area contributed by atoms with Gasteiger partial charge in [-0.15, -0.1) is 0 Å². The van der Waals surface area contributed by atoms with Gasteiger partial charge in [0.25, 0.3) is 0 Å². The van der Waals surface area contributed by atoms with Crippen molar-refractivity contribution >= 4 is 6.09 Å². The van der Waals surface area contributed by atoms with Crippen molar-refractivity contribution in [3.63, 3.8) is 0 Å². The van der Waals surface area contributed by atoms with Crippen molar-refractivity contribution in [2.75, 3.05) is 26.2 Å². The van der Waals surface area contributed by atoms with E-state index in [1.54, 1.807) is 0 Å². The molecule has 2 saturated heterocycles. The predicted molar refractivity (Wildman–Crippen MR) is 48.5 cm³/mol. The van der Waals surface area contributed by atoms with Crippen LogP contribution in [-0.4, -0.2) is 43.3 Å². The molecule has 2 heterocycles. The van der Waals surface area contributed by atoms with Crippen LogP contribution in [0.15, 0.2) is 0 Å². The quantitative estimate of drug-likeness (QED) is 0.643. The molecular formula is C9H16N2O2. The maximum Gasteiger partial charge on any atom is 0.410 e. The number of likely N-dealkylation sites (tertiary alicyclic amines) is 1. The van der Waals surface area contributed by atoms with E-state index in [9.17, 15) is 4.79 Å². The average Bonchev–Trinajstić information content (AvgIpc) is 2.42. The summed E-state index contributed by atoms with van der Waals surface area (Å²) in [5.74, 6) is 0.642. The smallest absolute Gasteiger partial charge is 0.410 e. The summed E-state index contributed by atoms with van der Waals surface area (Å²) in [6.07, 6.45) is 1.00. The Hall–Kier alpha value is -0.770. The lowest BCUT2D eigenvalue weighted by Crippen LogP contribution is -2.41. The van der Waals surface area contributed by atoms with E-state index in [1.165, 1.54) is 0 Å². The normalized spacial score (nSPS) is 31.9. The van der Waals surface area contributed by atoms with Crippen LogP contribution in [-0.2, 0) is 4.74 Å². The Morgan fingerprint density at radius 2 is 2.46 bits per heavy atom. The third-order valence-electron chi connectivity index (χ3n) is 2.82. The SMILES string of the molecule is CCOC(=O)N1C[C@H]2CNCC1C2. The lowest BCUT2D eigenvalue weighted by atomic mass is 10.0. The number of ether oxygens (including phenoxy) is 1. The van der Waals surface area contributed by atoms with Gasteiger partial charge in [-0.3, -0.25) is 0 Å². The molecule has 0 aromatic carbocycles. The van der Waals surface area contributed by atoms with Crippen molar-refractivity contribution < 1.29 is 9.53 Å². The molecule has 2 atom stereocenters. The molecule has 2 bridgehead atoms. The summed E-state index contributed by atoms with van der Waals surface area (Å²) < 4.78 is 4.99. The molecule has 2 aliphatic rings. The summed E-state index contributed by atoms with van der Waals surface area (Å²) in [5.41, 5.74) is 0. The third kappa shape index (κ3) is 1.63. The van der Waals surface area contributed by atoms with Gasteiger partial charge in [0.2, 0.25) is 0 Å². The van der Waals surface area contributed by atoms with Crippen LogP contribution in [0.25, 0.3) is 0 Å². The minimum atomic E-state index is -0.140. The Bertz CT molecular complexity index is 208. The van der Waals surface area contributed by atoms with Gasteiger partial charge >= 0.3 is 6.09 Å². The lowest BCUT2D eigenvalue weighted by Gasteiger charge is -2.23. The first-order chi connectivity index (χ1) is 6.31. The second-order valence-electron chi connectivity index (χ2n) is 3.77. The Morgan fingerprint density at radius 3 is 3.15 bits per heavy atom. The van der Waals surface area contributed by atoms with E-state index in [4.69, 9.17) is 4.74 Å². The molecule has 0 saturated carbocycles. The first kappa shape index (κ1) is 8.81. The van der Waals surface area contributed by atoms with Crippen LogP contribution in [0.1, 0.15) is 13.3 Å². The predicted octanol–water partition coefficient (Wildman–Crippen LogP) is 0.437. The van der Waals surface area contributed by atoms with E-state index in [-0.39, 0.29) is 6.09 Å². The highest BCUT2D eigenvalue weighted by atomic mass is 16.6. The van der Waals surface area contributed by atoms with Gasteiger partial charge < -0.3 is 15.0 Å². The maximum atomic E-state index is 11.5. The summed E-state index contributed by atoms with van der Waals surface area (Å²) >= 11 is 0. The molecular weight excluding hydrogens is 168 g/mol. The van der Waals surface area contributed by atoms with Crippen LogP contribution >= 0.6 is 0 Å². The van der Waals surface area contributed by atoms with Crippen LogP contribution in [0, 0.1) is 5.92 Å². The molecule has 2 fully saturated rings. The van der Waals surface area contributed by atoms with Gasteiger partial charge in [0.1, 0.15) is 0 Å². The van der Waals surface area contributed by atoms with E-state index < -0.39 is 0 Å². The van der Waals surface area contributed by atoms with Crippen molar-refractivity contribution in [1.29, 1.82) is 0 Å². The number of piperidine rings is 1. The van der Waals surface area contributed by atoms with E-state index >= 15 is 0 Å². The van der Waals surface area contributed by atoms with Crippen molar-refractivity contribution in [2.45, 2.75) is 19.4 Å². The summed E-state index contributed by atoms with van der Waals surface area (Å²) in [7, 11) is 0. The number of carbonyl (C=O) groups excluding carboxylic acids is 1. The second-order valence-corrected chi connectivity index (χ2v) is 3.77. The van der Waals surface area contributed by atoms with Crippen molar-refractivity contribution in [1.82, 2.24) is 10.2 Å². The Balaban J connectivity index is 1.96. The first-order valence-electron chi connectivity index (χ1n) is 4.95. The van der Waals surface area contributed by atoms with Crippen molar-refractivity contribution in [2.24, 2.45) is 5.92 Å². The van der Waals surface area contributed by atoms with E-state index in [2.05, 4.69) is 5.32 Å². The molecule has 2 aliphatic heterocycles. The zero-order valence-corrected chi connectivity index (χ0v) is 7.95. The molecule has 1 amide bonds. The second kappa shape index (κ2) is 3.54. The zero-order chi connectivity index (χ0) is 9.26. The molecule has 4 heteroatoms. The molecule has 0 aromatic rings. The fourth-order valence-corrected chi connectivity index (χ4v) is 2.24. The largest absolute Gasteiger partial charge is 0.450 e. The molecule has 13 heavy (non-hydrogen) atoms. The van der Waals surface area contributed by atoms with Crippen molar-refractivity contribution in [3.8, 4) is 0 Å². The number of nitrogens with zero attached hydrogens (tertiary/aromatic N) is 1. The highest BCUT2D eigenvalue weighted by molar-refractivity contribution is 5.68. The van der Waals surface area contributed by atoms with Gasteiger partial charge in [0, 0.05) is 19.1 Å². The van der Waals surface area contributed by atoms with Crippen LogP contribution < -0.4 is 5.32 Å². The molecule has 0 radical (unpaired) electrons. The highest BCUT2D eigenvalue weighted by Gasteiger charge is 2.38. The van der Waals surface area contributed by atoms with E-state index in [1.807, 2.05) is 11.8 Å². The van der Waals surface area contributed by atoms with Gasteiger partial charge in [0.15, 0.2) is 0 Å². The number of nitrogens with one attached hydrogen (secondary N) is 1. The fraction of sp³-hybridized carbons (Fsp3) is 0.889. The third-order valence-corrected chi connectivity index (χ3v) is 2.82. The monoisotopic (exact) mass is 184 g/mol. The van der Waals surface area contributed by atoms with Gasteiger partial charge in [-0.2, -0.15) is 0 Å². The Kier molecular flexibility index (Phi) is 2.40. The molecule has 0 spiro atoms. The lowest BCUT2D eigenvalue weighted by molar-refractivity contribution is 0.104. The summed E-state index contributed by atoms with van der Waals surface area (Å²) in [6.45, 7) is 5.16. The molecule has 4 nitrogen and oxygen atoms in total. The summed E-state index contributed by atoms with van der Waals surface area (Å²) in [5, 5.41) is 3.32. The number of hydrogen-bond acceptors (Lipinski definition) is 3. The van der Waals surface area contributed by atoms with E-state index in [0.29, 0.717) is 18.6 Å². The van der Waals surface area contributed by atoms with Crippen LogP contribution in [0.5, 0.6) is 0 Å². The molecule has 0 aliphatic carbocycles. The summed E-state index contributed by atoms with van der Waals surface area (Å²) in [4.78, 5) is 13.3. The zero-order valence-electron chi connectivity index (χ0n) is 7.95. The average molecular weight is 184 g/mol. The molecule has 1 N–H and O–H groups in total. The topological polar surface area (TPSA) is 41.6 Å². The summed E-state index contributed by atoms with van der Waals surface area (Å²) in [6, 6.07) is 0.373. The highest BCUT2D eigenvalue weighted by Crippen LogP contribution is 2.25. The van der Waals surface area contributed by atoms with E-state index in [0.717, 1.165) is 26.1 Å². The van der Waals surface area contributed by atoms with Gasteiger partial charge in [-0.1, -0.05) is 0 Å². The Morgan fingerprint density at radius 1 is 1.62 bits per heavy atom. The minimum Gasteiger partial charge on any atom is -0.450 e. The van der Waals surface area contributed by atoms with Crippen molar-refractivity contribution in [3.05, 3.63) is 0 Å². The Labute approximate surface area is 78.2 Å². The molecule has 2 rings (SSSR count). The molecule has 0 aromatic heterocycles. The number of amides is 1. The van der Waals surface area contributed by atoms with Gasteiger partial charge in [-0.25, -0.2) is 4.79 Å². The first-order valence-corrected chi connectivity index (χ1v) is 4.95.